The molecule has 133 valence electrons. The van der Waals surface area contributed by atoms with Gasteiger partial charge in [-0.25, -0.2) is 8.78 Å². The van der Waals surface area contributed by atoms with Crippen molar-refractivity contribution in [2.75, 3.05) is 0 Å². The van der Waals surface area contributed by atoms with Crippen LogP contribution in [0.4, 0.5) is 8.78 Å². The van der Waals surface area contributed by atoms with Crippen molar-refractivity contribution in [3.63, 3.8) is 0 Å². The van der Waals surface area contributed by atoms with Gasteiger partial charge in [0, 0.05) is 10.5 Å². The van der Waals surface area contributed by atoms with Crippen molar-refractivity contribution < 1.29 is 28.3 Å². The number of nitrogens with zero attached hydrogens (tertiary/aromatic N) is 1. The van der Waals surface area contributed by atoms with Crippen molar-refractivity contribution in [3.05, 3.63) is 89.0 Å². The molecule has 27 heavy (non-hydrogen) atoms. The summed E-state index contributed by atoms with van der Waals surface area (Å²) >= 11 is 0.704. The Morgan fingerprint density at radius 1 is 0.926 bits per heavy atom. The van der Waals surface area contributed by atoms with Crippen LogP contribution in [-0.4, -0.2) is 0 Å². The fourth-order valence-electron chi connectivity index (χ4n) is 2.47. The van der Waals surface area contributed by atoms with Gasteiger partial charge in [0.25, 0.3) is 0 Å². The molecule has 0 unspecified atom stereocenters. The van der Waals surface area contributed by atoms with Crippen LogP contribution >= 0.6 is 11.8 Å². The van der Waals surface area contributed by atoms with E-state index in [0.29, 0.717) is 17.3 Å². The molecule has 3 aromatic rings. The first-order valence-corrected chi connectivity index (χ1v) is 8.54. The van der Waals surface area contributed by atoms with E-state index in [1.165, 1.54) is 0 Å². The van der Waals surface area contributed by atoms with Gasteiger partial charge in [-0.2, -0.15) is 35.6 Å². The summed E-state index contributed by atoms with van der Waals surface area (Å²) in [7, 11) is 0. The molecular weight excluding hydrogens is 449 g/mol. The second kappa shape index (κ2) is 9.47. The second-order valence-corrected chi connectivity index (χ2v) is 6.38. The molecule has 1 nitrogen and oxygen atoms in total. The Morgan fingerprint density at radius 3 is 2.19 bits per heavy atom. The third kappa shape index (κ3) is 5.04. The van der Waals surface area contributed by atoms with Gasteiger partial charge in [0.15, 0.2) is 0 Å². The van der Waals surface area contributed by atoms with Crippen LogP contribution in [0, 0.1) is 47.1 Å². The van der Waals surface area contributed by atoms with Crippen molar-refractivity contribution >= 4 is 11.8 Å². The molecule has 3 aromatic carbocycles. The third-order valence-corrected chi connectivity index (χ3v) is 4.34. The first-order valence-electron chi connectivity index (χ1n) is 7.72. The van der Waals surface area contributed by atoms with Gasteiger partial charge in [-0.1, -0.05) is 24.0 Å². The molecular formula is C22H12F2NRuS. The number of nitriles is 1. The van der Waals surface area contributed by atoms with Crippen molar-refractivity contribution in [3.8, 4) is 28.4 Å². The van der Waals surface area contributed by atoms with Crippen LogP contribution in [0.5, 0.6) is 0 Å². The van der Waals surface area contributed by atoms with E-state index >= 15 is 0 Å². The van der Waals surface area contributed by atoms with Crippen molar-refractivity contribution in [1.82, 2.24) is 0 Å². The van der Waals surface area contributed by atoms with E-state index in [4.69, 9.17) is 5.26 Å². The van der Waals surface area contributed by atoms with Crippen LogP contribution in [0.3, 0.4) is 0 Å². The van der Waals surface area contributed by atoms with Gasteiger partial charge in [-0.05, 0) is 48.0 Å². The summed E-state index contributed by atoms with van der Waals surface area (Å²) in [5, 5.41) is 10.4. The number of halogens is 2. The molecule has 0 heterocycles. The molecule has 0 saturated heterocycles. The largest absolute Gasteiger partial charge is 1.00 e. The molecule has 3 rings (SSSR count). The maximum atomic E-state index is 14.1. The van der Waals surface area contributed by atoms with Crippen molar-refractivity contribution in [2.24, 2.45) is 0 Å². The molecule has 0 atom stereocenters. The van der Waals surface area contributed by atoms with Crippen LogP contribution in [0.25, 0.3) is 11.1 Å². The minimum atomic E-state index is -0.773. The van der Waals surface area contributed by atoms with Crippen LogP contribution in [-0.2, 0) is 19.5 Å². The molecule has 0 spiro atoms. The van der Waals surface area contributed by atoms with Crippen molar-refractivity contribution in [2.45, 2.75) is 11.8 Å². The second-order valence-electron chi connectivity index (χ2n) is 5.52. The zero-order valence-corrected chi connectivity index (χ0v) is 16.7. The molecule has 0 bridgehead atoms. The Hall–Kier alpha value is -2.46. The zero-order valence-electron chi connectivity index (χ0n) is 14.2. The van der Waals surface area contributed by atoms with Gasteiger partial charge in [-0.15, -0.1) is 5.56 Å². The topological polar surface area (TPSA) is 23.8 Å². The van der Waals surface area contributed by atoms with Crippen LogP contribution in [0.15, 0.2) is 59.5 Å². The van der Waals surface area contributed by atoms with E-state index in [0.717, 1.165) is 28.8 Å². The van der Waals surface area contributed by atoms with Gasteiger partial charge in [-0.3, -0.25) is 0 Å². The first-order chi connectivity index (χ1) is 12.6. The molecule has 0 N–H and O–H groups in total. The molecule has 0 saturated carbocycles. The van der Waals surface area contributed by atoms with E-state index < -0.39 is 11.6 Å². The summed E-state index contributed by atoms with van der Waals surface area (Å²) < 4.78 is 28.1. The Labute approximate surface area is 174 Å². The Balaban J connectivity index is 0.00000261. The van der Waals surface area contributed by atoms with E-state index in [1.807, 2.05) is 49.4 Å². The molecule has 1 radical (unpaired) electrons. The maximum Gasteiger partial charge on any atom is 1.00 e. The standard InChI is InChI=1S/C22H12F2NS.Ru/c1-15-11-18(17-5-3-2-4-6-17)8-7-16(15)9-10-20-21(23)12-19(26-14-25)13-22(20)24;/h3-8,11-13H,1H3;/q-1;+1. The Kier molecular flexibility index (Phi) is 7.31. The third-order valence-electron chi connectivity index (χ3n) is 3.78. The molecule has 0 aliphatic heterocycles. The Bertz CT molecular complexity index is 1040. The zero-order chi connectivity index (χ0) is 18.5. The SMILES string of the molecule is Cc1cc(-c2cc[c-]cc2)ccc1C#Cc1c(F)cc(SC#N)cc1F.[Ru+]. The predicted octanol–water partition coefficient (Wildman–Crippen LogP) is 5.71. The monoisotopic (exact) mass is 462 g/mol. The van der Waals surface area contributed by atoms with Crippen molar-refractivity contribution in [1.29, 1.82) is 5.26 Å². The van der Waals surface area contributed by atoms with Gasteiger partial charge in [0.1, 0.15) is 17.0 Å². The van der Waals surface area contributed by atoms with Crippen LogP contribution < -0.4 is 0 Å². The van der Waals surface area contributed by atoms with E-state index in [9.17, 15) is 8.78 Å². The van der Waals surface area contributed by atoms with Crippen LogP contribution in [0.2, 0.25) is 0 Å². The van der Waals surface area contributed by atoms with Gasteiger partial charge < -0.3 is 0 Å². The number of rotatable bonds is 2. The molecule has 0 aromatic heterocycles. The summed E-state index contributed by atoms with van der Waals surface area (Å²) in [5.74, 6) is 3.86. The van der Waals surface area contributed by atoms with Gasteiger partial charge in [0.2, 0.25) is 0 Å². The quantitative estimate of drug-likeness (QED) is 0.160. The molecule has 5 heteroatoms. The summed E-state index contributed by atoms with van der Waals surface area (Å²) in [4.78, 5) is 0.216. The number of hydrogen-bond donors (Lipinski definition) is 0. The fourth-order valence-corrected chi connectivity index (χ4v) is 2.90. The number of aryl methyl sites for hydroxylation is 1. The average Bonchev–Trinajstić information content (AvgIpc) is 2.63. The normalized spacial score (nSPS) is 9.56. The van der Waals surface area contributed by atoms with E-state index in [1.54, 1.807) is 5.40 Å². The van der Waals surface area contributed by atoms with E-state index in [2.05, 4.69) is 17.9 Å². The molecule has 0 amide bonds. The first kappa shape index (κ1) is 20.9. The minimum Gasteiger partial charge on any atom is -0.205 e. The number of thioether (sulfide) groups is 1. The summed E-state index contributed by atoms with van der Waals surface area (Å²) in [6.07, 6.45) is 0. The smallest absolute Gasteiger partial charge is 0.205 e. The summed E-state index contributed by atoms with van der Waals surface area (Å²) in [6.45, 7) is 1.90. The molecule has 0 fully saturated rings. The summed E-state index contributed by atoms with van der Waals surface area (Å²) in [6, 6.07) is 18.6. The number of benzene rings is 3. The fraction of sp³-hybridized carbons (Fsp3) is 0.0455. The van der Waals surface area contributed by atoms with Gasteiger partial charge >= 0.3 is 19.5 Å². The van der Waals surface area contributed by atoms with E-state index in [-0.39, 0.29) is 29.9 Å². The van der Waals surface area contributed by atoms with Crippen LogP contribution in [0.1, 0.15) is 16.7 Å². The number of hydrogen-bond acceptors (Lipinski definition) is 2. The maximum absolute atomic E-state index is 14.1. The molecule has 0 aliphatic rings. The average molecular weight is 461 g/mol. The molecule has 0 aliphatic carbocycles. The minimum absolute atomic E-state index is 0. The Morgan fingerprint density at radius 2 is 1.59 bits per heavy atom. The predicted molar refractivity (Wildman–Crippen MR) is 99.3 cm³/mol. The van der Waals surface area contributed by atoms with Gasteiger partial charge in [0.05, 0.1) is 5.56 Å². The number of thiocyanates is 1. The summed E-state index contributed by atoms with van der Waals surface area (Å²) in [5.41, 5.74) is 3.42.